The van der Waals surface area contributed by atoms with Gasteiger partial charge in [0.2, 0.25) is 0 Å². The molecule has 0 aromatic heterocycles. The lowest BCUT2D eigenvalue weighted by Gasteiger charge is -2.20. The summed E-state index contributed by atoms with van der Waals surface area (Å²) in [6, 6.07) is 5.15. The van der Waals surface area contributed by atoms with Gasteiger partial charge in [0.15, 0.2) is 18.1 Å². The molecule has 1 aromatic carbocycles. The Balaban J connectivity index is 2.78. The van der Waals surface area contributed by atoms with Gasteiger partial charge in [-0.1, -0.05) is 12.2 Å². The second-order valence-electron chi connectivity index (χ2n) is 5.55. The molecular weight excluding hydrogens is 288 g/mol. The lowest BCUT2D eigenvalue weighted by molar-refractivity contribution is -0.124. The highest BCUT2D eigenvalue weighted by atomic mass is 32.1. The zero-order valence-electron chi connectivity index (χ0n) is 12.9. The third-order valence-corrected chi connectivity index (χ3v) is 2.64. The molecule has 1 amide bonds. The molecule has 0 saturated carbocycles. The second kappa shape index (κ2) is 7.26. The average molecular weight is 310 g/mol. The summed E-state index contributed by atoms with van der Waals surface area (Å²) in [5.74, 6) is 0.815. The lowest BCUT2D eigenvalue weighted by Crippen LogP contribution is -2.43. The Hall–Kier alpha value is -1.82. The van der Waals surface area contributed by atoms with E-state index in [1.165, 1.54) is 0 Å². The van der Waals surface area contributed by atoms with E-state index in [2.05, 4.69) is 5.32 Å². The Kier molecular flexibility index (Phi) is 5.96. The van der Waals surface area contributed by atoms with Crippen molar-refractivity contribution in [2.75, 3.05) is 13.2 Å². The van der Waals surface area contributed by atoms with E-state index < -0.39 is 0 Å². The van der Waals surface area contributed by atoms with E-state index in [-0.39, 0.29) is 23.0 Å². The second-order valence-corrected chi connectivity index (χ2v) is 5.99. The molecule has 1 rings (SSSR count). The highest BCUT2D eigenvalue weighted by Gasteiger charge is 2.15. The number of hydrogen-bond acceptors (Lipinski definition) is 4. The molecular formula is C15H22N2O3S. The number of carbonyl (C=O) groups is 1. The van der Waals surface area contributed by atoms with Crippen LogP contribution in [0, 0.1) is 0 Å². The van der Waals surface area contributed by atoms with Gasteiger partial charge >= 0.3 is 0 Å². The van der Waals surface area contributed by atoms with Crippen molar-refractivity contribution in [1.82, 2.24) is 5.32 Å². The minimum absolute atomic E-state index is 0.0796. The van der Waals surface area contributed by atoms with Gasteiger partial charge in [-0.05, 0) is 45.9 Å². The van der Waals surface area contributed by atoms with Crippen LogP contribution >= 0.6 is 12.2 Å². The van der Waals surface area contributed by atoms with E-state index in [1.807, 2.05) is 27.7 Å². The molecule has 0 heterocycles. The van der Waals surface area contributed by atoms with E-state index in [4.69, 9.17) is 27.4 Å². The largest absolute Gasteiger partial charge is 0.490 e. The number of nitrogens with one attached hydrogen (secondary N) is 1. The number of carbonyl (C=O) groups excluding carboxylic acids is 1. The number of hydrogen-bond donors (Lipinski definition) is 2. The summed E-state index contributed by atoms with van der Waals surface area (Å²) in [4.78, 5) is 12.0. The van der Waals surface area contributed by atoms with Crippen molar-refractivity contribution < 1.29 is 14.3 Å². The van der Waals surface area contributed by atoms with Gasteiger partial charge < -0.3 is 20.5 Å². The fourth-order valence-electron chi connectivity index (χ4n) is 1.65. The number of rotatable bonds is 6. The smallest absolute Gasteiger partial charge is 0.258 e. The molecule has 5 nitrogen and oxygen atoms in total. The summed E-state index contributed by atoms with van der Waals surface area (Å²) in [5.41, 5.74) is 5.99. The highest BCUT2D eigenvalue weighted by Crippen LogP contribution is 2.28. The van der Waals surface area contributed by atoms with E-state index >= 15 is 0 Å². The van der Waals surface area contributed by atoms with Crippen molar-refractivity contribution >= 4 is 23.1 Å². The van der Waals surface area contributed by atoms with Gasteiger partial charge in [-0.3, -0.25) is 4.79 Å². The zero-order valence-corrected chi connectivity index (χ0v) is 13.7. The van der Waals surface area contributed by atoms with Crippen LogP contribution in [0.3, 0.4) is 0 Å². The summed E-state index contributed by atoms with van der Waals surface area (Å²) >= 11 is 4.93. The quantitative estimate of drug-likeness (QED) is 0.786. The van der Waals surface area contributed by atoms with Crippen molar-refractivity contribution in [3.8, 4) is 11.5 Å². The maximum Gasteiger partial charge on any atom is 0.258 e. The molecule has 0 atom stereocenters. The van der Waals surface area contributed by atoms with Gasteiger partial charge in [0.25, 0.3) is 5.91 Å². The maximum atomic E-state index is 11.8. The van der Waals surface area contributed by atoms with Crippen LogP contribution in [0.15, 0.2) is 18.2 Å². The standard InChI is InChI=1S/C15H22N2O3S/c1-5-19-12-8-10(14(16)21)6-7-11(12)20-9-13(18)17-15(2,3)4/h6-8H,5,9H2,1-4H3,(H2,16,21)(H,17,18). The van der Waals surface area contributed by atoms with Crippen LogP contribution in [0.25, 0.3) is 0 Å². The molecule has 0 aliphatic heterocycles. The predicted molar refractivity (Wildman–Crippen MR) is 86.9 cm³/mol. The third kappa shape index (κ3) is 5.99. The average Bonchev–Trinajstić information content (AvgIpc) is 2.35. The molecule has 0 saturated heterocycles. The van der Waals surface area contributed by atoms with Gasteiger partial charge in [0.1, 0.15) is 4.99 Å². The number of amides is 1. The van der Waals surface area contributed by atoms with Crippen molar-refractivity contribution in [3.63, 3.8) is 0 Å². The van der Waals surface area contributed by atoms with Gasteiger partial charge in [0.05, 0.1) is 6.61 Å². The molecule has 0 aliphatic carbocycles. The van der Waals surface area contributed by atoms with Crippen molar-refractivity contribution in [2.45, 2.75) is 33.2 Å². The molecule has 0 fully saturated rings. The summed E-state index contributed by atoms with van der Waals surface area (Å²) in [6.07, 6.45) is 0. The Morgan fingerprint density at radius 1 is 1.29 bits per heavy atom. The molecule has 0 unspecified atom stereocenters. The molecule has 6 heteroatoms. The number of benzene rings is 1. The van der Waals surface area contributed by atoms with Crippen LogP contribution in [0.5, 0.6) is 11.5 Å². The minimum Gasteiger partial charge on any atom is -0.490 e. The molecule has 0 aliphatic rings. The molecule has 3 N–H and O–H groups in total. The first kappa shape index (κ1) is 17.2. The Morgan fingerprint density at radius 3 is 2.48 bits per heavy atom. The first-order valence-electron chi connectivity index (χ1n) is 6.73. The van der Waals surface area contributed by atoms with Crippen LogP contribution in [-0.4, -0.2) is 29.6 Å². The first-order valence-corrected chi connectivity index (χ1v) is 7.14. The summed E-state index contributed by atoms with van der Waals surface area (Å²) in [5, 5.41) is 2.82. The molecule has 0 radical (unpaired) electrons. The van der Waals surface area contributed by atoms with Crippen LogP contribution in [0.4, 0.5) is 0 Å². The van der Waals surface area contributed by atoms with Gasteiger partial charge in [-0.2, -0.15) is 0 Å². The Labute approximate surface area is 130 Å². The molecule has 0 spiro atoms. The van der Waals surface area contributed by atoms with Crippen LogP contribution in [0.2, 0.25) is 0 Å². The van der Waals surface area contributed by atoms with Crippen molar-refractivity contribution in [3.05, 3.63) is 23.8 Å². The molecule has 116 valence electrons. The maximum absolute atomic E-state index is 11.8. The van der Waals surface area contributed by atoms with Crippen LogP contribution in [-0.2, 0) is 4.79 Å². The fourth-order valence-corrected chi connectivity index (χ4v) is 1.77. The van der Waals surface area contributed by atoms with Gasteiger partial charge in [-0.15, -0.1) is 0 Å². The van der Waals surface area contributed by atoms with Crippen LogP contribution in [0.1, 0.15) is 33.3 Å². The van der Waals surface area contributed by atoms with Gasteiger partial charge in [0, 0.05) is 11.1 Å². The number of ether oxygens (including phenoxy) is 2. The Bertz CT molecular complexity index is 524. The van der Waals surface area contributed by atoms with E-state index in [0.29, 0.717) is 23.7 Å². The first-order chi connectivity index (χ1) is 9.73. The van der Waals surface area contributed by atoms with E-state index in [0.717, 1.165) is 0 Å². The van der Waals surface area contributed by atoms with Gasteiger partial charge in [-0.25, -0.2) is 0 Å². The SMILES string of the molecule is CCOc1cc(C(N)=S)ccc1OCC(=O)NC(C)(C)C. The van der Waals surface area contributed by atoms with Crippen molar-refractivity contribution in [1.29, 1.82) is 0 Å². The highest BCUT2D eigenvalue weighted by molar-refractivity contribution is 7.80. The van der Waals surface area contributed by atoms with E-state index in [1.54, 1.807) is 18.2 Å². The number of thiocarbonyl (C=S) groups is 1. The third-order valence-electron chi connectivity index (χ3n) is 2.40. The van der Waals surface area contributed by atoms with Crippen molar-refractivity contribution in [2.24, 2.45) is 5.73 Å². The topological polar surface area (TPSA) is 73.6 Å². The summed E-state index contributed by atoms with van der Waals surface area (Å²) in [6.45, 7) is 7.99. The minimum atomic E-state index is -0.293. The monoisotopic (exact) mass is 310 g/mol. The predicted octanol–water partition coefficient (Wildman–Crippen LogP) is 2.01. The zero-order chi connectivity index (χ0) is 16.0. The summed E-state index contributed by atoms with van der Waals surface area (Å²) < 4.78 is 11.0. The molecule has 21 heavy (non-hydrogen) atoms. The Morgan fingerprint density at radius 2 is 1.95 bits per heavy atom. The normalized spacial score (nSPS) is 10.9. The fraction of sp³-hybridized carbons (Fsp3) is 0.467. The summed E-state index contributed by atoms with van der Waals surface area (Å²) in [7, 11) is 0. The van der Waals surface area contributed by atoms with E-state index in [9.17, 15) is 4.79 Å². The lowest BCUT2D eigenvalue weighted by atomic mass is 10.1. The molecule has 1 aromatic rings. The van der Waals surface area contributed by atoms with Crippen LogP contribution < -0.4 is 20.5 Å². The molecule has 0 bridgehead atoms. The number of nitrogens with two attached hydrogens (primary N) is 1.